The third-order valence-electron chi connectivity index (χ3n) is 15.0. The van der Waals surface area contributed by atoms with Crippen LogP contribution in [-0.2, 0) is 66.7 Å². The molecule has 0 aromatic carbocycles. The summed E-state index contributed by atoms with van der Waals surface area (Å²) in [6.07, 6.45) is -22.0. The number of aliphatic hydroxyl groups is 7. The Morgan fingerprint density at radius 1 is 0.619 bits per heavy atom. The van der Waals surface area contributed by atoms with Gasteiger partial charge in [0, 0.05) is 46.4 Å². The largest absolute Gasteiger partial charge is 0.481 e. The maximum absolute atomic E-state index is 12.9. The van der Waals surface area contributed by atoms with Crippen molar-refractivity contribution in [2.24, 2.45) is 29.4 Å². The molecule has 15 N–H and O–H groups in total. The summed E-state index contributed by atoms with van der Waals surface area (Å²) in [7, 11) is 7.43. The molecule has 4 heterocycles. The van der Waals surface area contributed by atoms with Crippen LogP contribution in [0.3, 0.4) is 0 Å². The number of amides is 2. The molecule has 4 fully saturated rings. The van der Waals surface area contributed by atoms with Gasteiger partial charge in [-0.3, -0.25) is 24.0 Å². The summed E-state index contributed by atoms with van der Waals surface area (Å²) < 4.78 is 45.7. The van der Waals surface area contributed by atoms with Gasteiger partial charge in [0.1, 0.15) is 85.0 Å². The summed E-state index contributed by atoms with van der Waals surface area (Å²) in [5, 5.41) is 104. The van der Waals surface area contributed by atoms with Gasteiger partial charge >= 0.3 is 11.9 Å². The third-order valence-corrected chi connectivity index (χ3v) is 15.0. The minimum absolute atomic E-state index is 0. The van der Waals surface area contributed by atoms with Gasteiger partial charge in [-0.1, -0.05) is 130 Å². The van der Waals surface area contributed by atoms with Crippen molar-refractivity contribution in [3.05, 3.63) is 0 Å². The lowest BCUT2D eigenvalue weighted by Gasteiger charge is -2.49. The molecule has 0 aromatic heterocycles. The molecule has 0 saturated carbocycles. The van der Waals surface area contributed by atoms with Crippen LogP contribution in [-0.4, -0.2) is 277 Å². The molecule has 2 amide bonds. The number of rotatable bonds is 29. The first-order valence-electron chi connectivity index (χ1n) is 29.4. The summed E-state index contributed by atoms with van der Waals surface area (Å²) >= 11 is 0. The molecule has 0 radical (unpaired) electrons. The molecule has 4 saturated heterocycles. The van der Waals surface area contributed by atoms with Crippen LogP contribution in [0.25, 0.3) is 0 Å². The quantitative estimate of drug-likeness (QED) is 0.0434. The molecular formula is C68H154N6O23. The summed E-state index contributed by atoms with van der Waals surface area (Å²) in [4.78, 5) is 72.9. The molecule has 29 heteroatoms. The summed E-state index contributed by atoms with van der Waals surface area (Å²) in [5.74, 6) is -3.26. The number of ether oxygens (including phenoxy) is 8. The molecule has 97 heavy (non-hydrogen) atoms. The highest BCUT2D eigenvalue weighted by Gasteiger charge is 2.55. The van der Waals surface area contributed by atoms with Crippen LogP contribution in [0, 0.1) is 23.7 Å². The van der Waals surface area contributed by atoms with E-state index in [-0.39, 0.29) is 107 Å². The topological polar surface area (TPSA) is 436 Å². The number of nitrogens with zero attached hydrogens (tertiary/aromatic N) is 1. The van der Waals surface area contributed by atoms with Crippen molar-refractivity contribution in [1.29, 1.82) is 0 Å². The monoisotopic (exact) mass is 1420 g/mol. The number of Topliss-reactive ketones (excluding diaryl/α,β-unsaturated/α-hetero) is 2. The third kappa shape index (κ3) is 40.0. The first kappa shape index (κ1) is 120. The highest BCUT2D eigenvalue weighted by Crippen LogP contribution is 2.35. The Morgan fingerprint density at radius 3 is 1.47 bits per heavy atom. The number of methoxy groups -OCH3 is 1. The number of carbonyl (C=O) groups excluding carboxylic acids is 4. The van der Waals surface area contributed by atoms with Crippen LogP contribution in [0.5, 0.6) is 0 Å². The molecule has 23 atom stereocenters. The average molecular weight is 1420 g/mol. The van der Waals surface area contributed by atoms with Crippen molar-refractivity contribution in [3.8, 4) is 0 Å². The summed E-state index contributed by atoms with van der Waals surface area (Å²) in [6, 6.07) is -2.72. The van der Waals surface area contributed by atoms with Gasteiger partial charge in [0.2, 0.25) is 11.8 Å². The van der Waals surface area contributed by atoms with E-state index in [4.69, 9.17) is 48.7 Å². The molecule has 0 bridgehead atoms. The Morgan fingerprint density at radius 2 is 1.09 bits per heavy atom. The fraction of sp³-hybridized carbons (Fsp3) is 0.912. The van der Waals surface area contributed by atoms with Crippen molar-refractivity contribution in [2.75, 3.05) is 74.2 Å². The molecule has 29 nitrogen and oxygen atoms in total. The lowest BCUT2D eigenvalue weighted by Crippen LogP contribution is -2.69. The number of carboxylic acids is 2. The average Bonchev–Trinajstić information content (AvgIpc) is 0.784. The number of nitrogens with two attached hydrogens (primary N) is 1. The molecule has 0 aromatic rings. The predicted octanol–water partition coefficient (Wildman–Crippen LogP) is 5.09. The number of ketones is 2. The van der Waals surface area contributed by atoms with Gasteiger partial charge in [-0.2, -0.15) is 0 Å². The Hall–Kier alpha value is -3.54. The molecule has 23 unspecified atom stereocenters. The molecule has 4 aliphatic heterocycles. The zero-order valence-electron chi connectivity index (χ0n) is 52.2. The second-order valence-corrected chi connectivity index (χ2v) is 22.5. The SMILES string of the molecule is C.C.C.C.C.C.C.C.C.C.C.C.CCC(CC(C)C(C)=O)C(=O)O.CCC(CN)CC(C)CNC.CCCNCCN(C)C.COC1C(O)C(CO)OC(OC2CC(O)C(OC3C(O)C(CO)OC(OC4C(C(=O)O)OC(C)C(O)C4O)C3NC(C)=O)OC2C(C)=O)C1NC(C)=O. The van der Waals surface area contributed by atoms with Crippen LogP contribution in [0.15, 0.2) is 0 Å². The number of hydrogen-bond acceptors (Lipinski definition) is 25. The Kier molecular flexibility index (Phi) is 77.3. The van der Waals surface area contributed by atoms with E-state index in [0.29, 0.717) is 12.8 Å². The molecular weight excluding hydrogens is 1270 g/mol. The van der Waals surface area contributed by atoms with E-state index in [1.54, 1.807) is 6.92 Å². The Balaban J connectivity index is -0.000000137. The first-order chi connectivity index (χ1) is 39.9. The number of carboxylic acid groups (broad SMARTS) is 2. The lowest BCUT2D eigenvalue weighted by molar-refractivity contribution is -0.352. The second-order valence-electron chi connectivity index (χ2n) is 22.5. The van der Waals surface area contributed by atoms with E-state index in [1.165, 1.54) is 47.1 Å². The number of aliphatic carboxylic acids is 2. The van der Waals surface area contributed by atoms with Crippen molar-refractivity contribution >= 4 is 35.3 Å². The first-order valence-corrected chi connectivity index (χ1v) is 29.4. The number of nitrogens with one attached hydrogen (secondary N) is 4. The second kappa shape index (κ2) is 62.3. The highest BCUT2D eigenvalue weighted by molar-refractivity contribution is 5.81. The van der Waals surface area contributed by atoms with E-state index in [0.717, 1.165) is 58.4 Å². The zero-order chi connectivity index (χ0) is 65.0. The Bertz CT molecular complexity index is 1950. The van der Waals surface area contributed by atoms with Gasteiger partial charge < -0.3 is 116 Å². The zero-order valence-corrected chi connectivity index (χ0v) is 52.2. The summed E-state index contributed by atoms with van der Waals surface area (Å²) in [5.41, 5.74) is 5.61. The molecule has 0 aliphatic carbocycles. The summed E-state index contributed by atoms with van der Waals surface area (Å²) in [6.45, 7) is 20.3. The van der Waals surface area contributed by atoms with Gasteiger partial charge in [0.05, 0.1) is 31.3 Å². The molecule has 0 spiro atoms. The number of aliphatic hydroxyl groups excluding tert-OH is 7. The van der Waals surface area contributed by atoms with Crippen LogP contribution >= 0.6 is 0 Å². The number of carbonyl (C=O) groups is 6. The standard InChI is InChI=1S/C31H50N2O20.C9H22N2.C9H16O3.C7H18N2.12CH4/c1-9(36)23-14(48-30-17(32-11(3)37)24(46-5)20(41)15(7-34)49-30)6-13(39)29(51-23)52-25-18(33-12(4)38)31(50-16(8-35)21(25)42)53-26-22(43)19(40)10(2)47-27(26)28(44)45;1-4-9(6-10)5-8(2)7-11-3;1-4-8(9(11)12)5-6(2)7(3)10;1-4-5-8-6-7-9(2)3;;;;;;;;;;;;/h10,13-27,29-31,34-35,39-43H,6-8H2,1-5H3,(H,32,37)(H,33,38)(H,44,45);8-9,11H,4-7,10H2,1-3H3;6,8H,4-5H2,1-3H3,(H,11,12);8H,4-7H2,1-3H3;12*1H4. The Labute approximate surface area is 589 Å². The van der Waals surface area contributed by atoms with Gasteiger partial charge in [-0.05, 0) is 99.1 Å². The maximum atomic E-state index is 12.9. The van der Waals surface area contributed by atoms with Crippen LogP contribution in [0.4, 0.5) is 0 Å². The fourth-order valence-electron chi connectivity index (χ4n) is 9.93. The van der Waals surface area contributed by atoms with E-state index < -0.39 is 166 Å². The molecule has 594 valence electrons. The van der Waals surface area contributed by atoms with Crippen molar-refractivity contribution in [2.45, 2.75) is 313 Å². The van der Waals surface area contributed by atoms with Crippen molar-refractivity contribution < 1.29 is 113 Å². The van der Waals surface area contributed by atoms with Gasteiger partial charge in [0.25, 0.3) is 0 Å². The normalized spacial score (nSPS) is 29.2. The van der Waals surface area contributed by atoms with Crippen LogP contribution in [0.2, 0.25) is 0 Å². The lowest BCUT2D eigenvalue weighted by atomic mass is 9.92. The highest BCUT2D eigenvalue weighted by atomic mass is 16.7. The van der Waals surface area contributed by atoms with E-state index in [2.05, 4.69) is 61.0 Å². The van der Waals surface area contributed by atoms with E-state index >= 15 is 0 Å². The molecule has 4 aliphatic rings. The van der Waals surface area contributed by atoms with Gasteiger partial charge in [-0.25, -0.2) is 4.79 Å². The minimum Gasteiger partial charge on any atom is -0.481 e. The minimum atomic E-state index is -1.84. The van der Waals surface area contributed by atoms with Gasteiger partial charge in [0.15, 0.2) is 30.8 Å². The van der Waals surface area contributed by atoms with Crippen LogP contribution in [0.1, 0.15) is 197 Å². The molecule has 4 rings (SSSR count). The van der Waals surface area contributed by atoms with E-state index in [9.17, 15) is 69.6 Å². The smallest absolute Gasteiger partial charge is 0.335 e. The number of hydrogen-bond donors (Lipinski definition) is 14. The fourth-order valence-corrected chi connectivity index (χ4v) is 9.93. The van der Waals surface area contributed by atoms with Crippen molar-refractivity contribution in [1.82, 2.24) is 26.2 Å². The van der Waals surface area contributed by atoms with Crippen LogP contribution < -0.4 is 27.0 Å². The maximum Gasteiger partial charge on any atom is 0.335 e. The number of likely N-dealkylation sites (N-methyl/N-ethyl adjacent to an activating group) is 1. The van der Waals surface area contributed by atoms with E-state index in [1.807, 2.05) is 14.0 Å². The van der Waals surface area contributed by atoms with Crippen molar-refractivity contribution in [3.63, 3.8) is 0 Å². The predicted molar refractivity (Wildman–Crippen MR) is 387 cm³/mol. The van der Waals surface area contributed by atoms with Gasteiger partial charge in [-0.15, -0.1) is 0 Å².